The van der Waals surface area contributed by atoms with Crippen LogP contribution in [0.4, 0.5) is 11.4 Å². The van der Waals surface area contributed by atoms with Crippen molar-refractivity contribution in [3.63, 3.8) is 0 Å². The van der Waals surface area contributed by atoms with Crippen molar-refractivity contribution in [1.82, 2.24) is 4.90 Å². The van der Waals surface area contributed by atoms with Gasteiger partial charge in [-0.15, -0.1) is 0 Å². The second-order valence-electron chi connectivity index (χ2n) is 8.52. The van der Waals surface area contributed by atoms with Crippen molar-refractivity contribution < 1.29 is 19.1 Å². The van der Waals surface area contributed by atoms with Crippen LogP contribution < -0.4 is 16.0 Å². The van der Waals surface area contributed by atoms with Crippen molar-refractivity contribution >= 4 is 29.1 Å². The van der Waals surface area contributed by atoms with Crippen LogP contribution in [0.25, 0.3) is 11.1 Å². The van der Waals surface area contributed by atoms with Gasteiger partial charge in [0.2, 0.25) is 11.8 Å². The minimum atomic E-state index is -0.637. The second-order valence-corrected chi connectivity index (χ2v) is 8.52. The molecule has 4 rings (SSSR count). The maximum absolute atomic E-state index is 13.6. The molecule has 0 unspecified atom stereocenters. The van der Waals surface area contributed by atoms with E-state index in [1.165, 1.54) is 18.2 Å². The first-order valence-corrected chi connectivity index (χ1v) is 12.0. The van der Waals surface area contributed by atoms with Crippen molar-refractivity contribution in [2.75, 3.05) is 49.6 Å². The number of nitrogens with one attached hydrogen (secondary N) is 1. The van der Waals surface area contributed by atoms with Crippen molar-refractivity contribution in [3.05, 3.63) is 83.9 Å². The average Bonchev–Trinajstić information content (AvgIpc) is 2.90. The highest BCUT2D eigenvalue weighted by Gasteiger charge is 2.22. The number of amides is 3. The number of hydrogen-bond acceptors (Lipinski definition) is 5. The van der Waals surface area contributed by atoms with E-state index >= 15 is 0 Å². The molecule has 186 valence electrons. The number of anilines is 2. The van der Waals surface area contributed by atoms with Gasteiger partial charge in [-0.1, -0.05) is 42.5 Å². The molecule has 1 aliphatic rings. The monoisotopic (exact) mass is 486 g/mol. The number of benzene rings is 3. The molecule has 3 N–H and O–H groups in total. The van der Waals surface area contributed by atoms with Gasteiger partial charge < -0.3 is 20.7 Å². The molecule has 0 atom stereocenters. The Labute approximate surface area is 210 Å². The summed E-state index contributed by atoms with van der Waals surface area (Å²) < 4.78 is 5.33. The Kier molecular flexibility index (Phi) is 8.10. The number of hydrogen-bond donors (Lipinski definition) is 2. The molecule has 1 aliphatic heterocycles. The zero-order valence-electron chi connectivity index (χ0n) is 20.3. The number of morpholine rings is 1. The molecule has 0 radical (unpaired) electrons. The van der Waals surface area contributed by atoms with Crippen LogP contribution in [0, 0.1) is 0 Å². The number of carbonyl (C=O) groups is 3. The van der Waals surface area contributed by atoms with Gasteiger partial charge in [0.05, 0.1) is 31.0 Å². The lowest BCUT2D eigenvalue weighted by Gasteiger charge is -2.26. The van der Waals surface area contributed by atoms with Crippen LogP contribution in [0.3, 0.4) is 0 Å². The molecule has 3 aromatic carbocycles. The Bertz CT molecular complexity index is 1220. The Hall–Kier alpha value is -4.01. The predicted molar refractivity (Wildman–Crippen MR) is 140 cm³/mol. The molecule has 0 saturated carbocycles. The summed E-state index contributed by atoms with van der Waals surface area (Å²) in [7, 11) is 0. The number of ether oxygens (including phenoxy) is 1. The van der Waals surface area contributed by atoms with Gasteiger partial charge in [-0.25, -0.2) is 0 Å². The number of carbonyl (C=O) groups excluding carboxylic acids is 3. The molecule has 0 aliphatic carbocycles. The molecule has 0 bridgehead atoms. The number of nitrogens with zero attached hydrogens (tertiary/aromatic N) is 2. The summed E-state index contributed by atoms with van der Waals surface area (Å²) in [4.78, 5) is 41.8. The fourth-order valence-electron chi connectivity index (χ4n) is 4.19. The zero-order chi connectivity index (χ0) is 25.5. The van der Waals surface area contributed by atoms with E-state index in [2.05, 4.69) is 5.32 Å². The Morgan fingerprint density at radius 2 is 1.61 bits per heavy atom. The van der Waals surface area contributed by atoms with Gasteiger partial charge in [-0.05, 0) is 48.4 Å². The first-order valence-electron chi connectivity index (χ1n) is 12.0. The third kappa shape index (κ3) is 5.97. The molecule has 0 spiro atoms. The second kappa shape index (κ2) is 11.6. The van der Waals surface area contributed by atoms with E-state index in [9.17, 15) is 14.4 Å². The molecule has 3 aromatic rings. The van der Waals surface area contributed by atoms with Gasteiger partial charge in [0, 0.05) is 30.9 Å². The van der Waals surface area contributed by atoms with E-state index in [1.54, 1.807) is 4.90 Å². The van der Waals surface area contributed by atoms with Crippen LogP contribution in [0.15, 0.2) is 72.8 Å². The fourth-order valence-corrected chi connectivity index (χ4v) is 4.19. The summed E-state index contributed by atoms with van der Waals surface area (Å²) in [5, 5.41) is 2.82. The van der Waals surface area contributed by atoms with Crippen LogP contribution >= 0.6 is 0 Å². The van der Waals surface area contributed by atoms with E-state index in [0.717, 1.165) is 16.8 Å². The fraction of sp³-hybridized carbons (Fsp3) is 0.250. The summed E-state index contributed by atoms with van der Waals surface area (Å²) in [6.07, 6.45) is 0. The maximum atomic E-state index is 13.6. The molecule has 1 heterocycles. The Morgan fingerprint density at radius 3 is 2.25 bits per heavy atom. The third-order valence-corrected chi connectivity index (χ3v) is 6.13. The van der Waals surface area contributed by atoms with Crippen LogP contribution in [-0.2, 0) is 9.53 Å². The molecule has 36 heavy (non-hydrogen) atoms. The van der Waals surface area contributed by atoms with Gasteiger partial charge in [-0.3, -0.25) is 19.3 Å². The molecule has 8 heteroatoms. The molecular weight excluding hydrogens is 456 g/mol. The van der Waals surface area contributed by atoms with Gasteiger partial charge in [-0.2, -0.15) is 0 Å². The third-order valence-electron chi connectivity index (χ3n) is 6.13. The van der Waals surface area contributed by atoms with Crippen LogP contribution in [-0.4, -0.2) is 62.0 Å². The summed E-state index contributed by atoms with van der Waals surface area (Å²) in [6.45, 7) is 4.92. The quantitative estimate of drug-likeness (QED) is 0.508. The summed E-state index contributed by atoms with van der Waals surface area (Å²) in [6, 6.07) is 22.2. The number of rotatable bonds is 8. The van der Waals surface area contributed by atoms with Gasteiger partial charge in [0.25, 0.3) is 5.91 Å². The van der Waals surface area contributed by atoms with Crippen LogP contribution in [0.1, 0.15) is 27.6 Å². The predicted octanol–water partition coefficient (Wildman–Crippen LogP) is 3.39. The molecular formula is C28H30N4O4. The first-order chi connectivity index (χ1) is 17.5. The topological polar surface area (TPSA) is 105 Å². The van der Waals surface area contributed by atoms with Gasteiger partial charge in [0.1, 0.15) is 0 Å². The summed E-state index contributed by atoms with van der Waals surface area (Å²) in [5.74, 6) is -1.20. The zero-order valence-corrected chi connectivity index (χ0v) is 20.3. The highest BCUT2D eigenvalue weighted by atomic mass is 16.5. The molecule has 1 saturated heterocycles. The maximum Gasteiger partial charge on any atom is 0.260 e. The van der Waals surface area contributed by atoms with Gasteiger partial charge >= 0.3 is 0 Å². The minimum absolute atomic E-state index is 0.163. The molecule has 8 nitrogen and oxygen atoms in total. The van der Waals surface area contributed by atoms with E-state index < -0.39 is 5.91 Å². The van der Waals surface area contributed by atoms with E-state index in [4.69, 9.17) is 10.5 Å². The lowest BCUT2D eigenvalue weighted by molar-refractivity contribution is -0.118. The smallest absolute Gasteiger partial charge is 0.260 e. The number of primary amides is 1. The van der Waals surface area contributed by atoms with E-state index in [-0.39, 0.29) is 35.2 Å². The van der Waals surface area contributed by atoms with Crippen LogP contribution in [0.2, 0.25) is 0 Å². The van der Waals surface area contributed by atoms with E-state index in [1.807, 2.05) is 66.4 Å². The first kappa shape index (κ1) is 25.1. The Morgan fingerprint density at radius 1 is 0.944 bits per heavy atom. The van der Waals surface area contributed by atoms with Crippen molar-refractivity contribution in [2.24, 2.45) is 5.73 Å². The largest absolute Gasteiger partial charge is 0.379 e. The van der Waals surface area contributed by atoms with Crippen molar-refractivity contribution in [1.29, 1.82) is 0 Å². The molecule has 0 aromatic heterocycles. The highest BCUT2D eigenvalue weighted by Crippen LogP contribution is 2.26. The SMILES string of the molecule is CCN(C(=O)c1ccc(C(N)=O)cc1NC(=O)CN1CCOCC1)c1ccc(-c2ccccc2)cc1. The summed E-state index contributed by atoms with van der Waals surface area (Å²) >= 11 is 0. The molecule has 3 amide bonds. The normalized spacial score (nSPS) is 13.7. The highest BCUT2D eigenvalue weighted by molar-refractivity contribution is 6.12. The standard InChI is InChI=1S/C28H30N4O4/c1-2-32(23-11-8-21(9-12-23)20-6-4-3-5-7-20)28(35)24-13-10-22(27(29)34)18-25(24)30-26(33)19-31-14-16-36-17-15-31/h3-13,18H,2,14-17,19H2,1H3,(H2,29,34)(H,30,33). The lowest BCUT2D eigenvalue weighted by atomic mass is 10.0. The lowest BCUT2D eigenvalue weighted by Crippen LogP contribution is -2.41. The van der Waals surface area contributed by atoms with Crippen molar-refractivity contribution in [3.8, 4) is 11.1 Å². The minimum Gasteiger partial charge on any atom is -0.379 e. The van der Waals surface area contributed by atoms with Crippen molar-refractivity contribution in [2.45, 2.75) is 6.92 Å². The summed E-state index contributed by atoms with van der Waals surface area (Å²) in [5.41, 5.74) is 9.07. The molecule has 1 fully saturated rings. The van der Waals surface area contributed by atoms with Gasteiger partial charge in [0.15, 0.2) is 0 Å². The van der Waals surface area contributed by atoms with Crippen LogP contribution in [0.5, 0.6) is 0 Å². The number of nitrogens with two attached hydrogens (primary N) is 1. The van der Waals surface area contributed by atoms with E-state index in [0.29, 0.717) is 32.8 Å². The average molecular weight is 487 g/mol. The Balaban J connectivity index is 1.58.